The average molecular weight is 476 g/mol. The van der Waals surface area contributed by atoms with Gasteiger partial charge in [-0.2, -0.15) is 5.10 Å². The number of anilines is 3. The first kappa shape index (κ1) is 20.5. The average Bonchev–Trinajstić information content (AvgIpc) is 3.45. The molecule has 0 bridgehead atoms. The van der Waals surface area contributed by atoms with E-state index in [1.165, 1.54) is 6.07 Å². The van der Waals surface area contributed by atoms with Crippen molar-refractivity contribution in [2.45, 2.75) is 12.3 Å². The summed E-state index contributed by atoms with van der Waals surface area (Å²) >= 11 is 5.82. The van der Waals surface area contributed by atoms with Crippen molar-refractivity contribution in [1.29, 1.82) is 0 Å². The summed E-state index contributed by atoms with van der Waals surface area (Å²) in [5.74, 6) is 2.61. The van der Waals surface area contributed by atoms with Crippen molar-refractivity contribution >= 4 is 34.8 Å². The van der Waals surface area contributed by atoms with Gasteiger partial charge in [0, 0.05) is 37.3 Å². The van der Waals surface area contributed by atoms with Crippen LogP contribution in [0, 0.1) is 5.82 Å². The molecule has 5 heterocycles. The molecule has 9 nitrogen and oxygen atoms in total. The Morgan fingerprint density at radius 2 is 2.06 bits per heavy atom. The van der Waals surface area contributed by atoms with Gasteiger partial charge in [-0.1, -0.05) is 17.7 Å². The lowest BCUT2D eigenvalue weighted by Crippen LogP contribution is -2.24. The maximum absolute atomic E-state index is 13.9. The highest BCUT2D eigenvalue weighted by molar-refractivity contribution is 6.30. The van der Waals surface area contributed by atoms with Crippen LogP contribution in [0.25, 0.3) is 16.9 Å². The van der Waals surface area contributed by atoms with Crippen molar-refractivity contribution in [2.75, 3.05) is 17.2 Å². The van der Waals surface area contributed by atoms with Gasteiger partial charge in [0.15, 0.2) is 5.65 Å². The van der Waals surface area contributed by atoms with Gasteiger partial charge in [0.2, 0.25) is 5.95 Å². The molecule has 4 aromatic heterocycles. The van der Waals surface area contributed by atoms with E-state index in [1.54, 1.807) is 23.1 Å². The van der Waals surface area contributed by atoms with Gasteiger partial charge in [-0.3, -0.25) is 9.08 Å². The summed E-state index contributed by atoms with van der Waals surface area (Å²) in [7, 11) is 1.84. The maximum Gasteiger partial charge on any atom is 0.228 e. The molecule has 0 amide bonds. The smallest absolute Gasteiger partial charge is 0.228 e. The third-order valence-electron chi connectivity index (χ3n) is 5.90. The summed E-state index contributed by atoms with van der Waals surface area (Å²) in [4.78, 5) is 8.97. The highest BCUT2D eigenvalue weighted by Gasteiger charge is 2.26. The zero-order valence-corrected chi connectivity index (χ0v) is 18.8. The second-order valence-electron chi connectivity index (χ2n) is 8.14. The fourth-order valence-electron chi connectivity index (χ4n) is 4.21. The van der Waals surface area contributed by atoms with Crippen LogP contribution in [0.3, 0.4) is 0 Å². The van der Waals surface area contributed by atoms with Crippen molar-refractivity contribution in [1.82, 2.24) is 34.3 Å². The molecule has 0 fully saturated rings. The standard InChI is InChI=1S/C23H19ClFN9/c1-33-19(5-7-28-33)30-23-26-6-4-18(29-23)14-10-20-27-12-15(22-32-31-21(11-14)34(20)22)8-13-2-3-16(24)17(25)9-13/h2-7,9-11,15,27H,8,12H2,1H3,(H,26,29,30). The van der Waals surface area contributed by atoms with Crippen molar-refractivity contribution in [2.24, 2.45) is 7.05 Å². The van der Waals surface area contributed by atoms with Gasteiger partial charge in [-0.25, -0.2) is 14.4 Å². The number of hydrogen-bond acceptors (Lipinski definition) is 7. The normalized spacial score (nSPS) is 14.9. The van der Waals surface area contributed by atoms with Crippen molar-refractivity contribution in [3.63, 3.8) is 0 Å². The topological polar surface area (TPSA) is 97.9 Å². The summed E-state index contributed by atoms with van der Waals surface area (Å²) in [5, 5.41) is 19.8. The van der Waals surface area contributed by atoms with E-state index in [0.29, 0.717) is 24.6 Å². The van der Waals surface area contributed by atoms with Gasteiger partial charge in [-0.15, -0.1) is 10.2 Å². The molecule has 2 N–H and O–H groups in total. The quantitative estimate of drug-likeness (QED) is 0.393. The first-order valence-electron chi connectivity index (χ1n) is 10.7. The first-order valence-corrected chi connectivity index (χ1v) is 11.1. The van der Waals surface area contributed by atoms with Crippen LogP contribution in [-0.4, -0.2) is 40.9 Å². The van der Waals surface area contributed by atoms with E-state index in [0.717, 1.165) is 34.3 Å². The molecular weight excluding hydrogens is 457 g/mol. The molecule has 34 heavy (non-hydrogen) atoms. The lowest BCUT2D eigenvalue weighted by Gasteiger charge is -2.24. The van der Waals surface area contributed by atoms with E-state index in [9.17, 15) is 4.39 Å². The third kappa shape index (κ3) is 3.61. The third-order valence-corrected chi connectivity index (χ3v) is 6.21. The van der Waals surface area contributed by atoms with E-state index >= 15 is 0 Å². The minimum Gasteiger partial charge on any atom is -0.370 e. The van der Waals surface area contributed by atoms with Crippen LogP contribution in [0.15, 0.2) is 54.9 Å². The zero-order valence-electron chi connectivity index (χ0n) is 18.1. The Labute approximate surface area is 198 Å². The predicted molar refractivity (Wildman–Crippen MR) is 127 cm³/mol. The molecule has 170 valence electrons. The molecule has 0 spiro atoms. The number of nitrogens with one attached hydrogen (secondary N) is 2. The lowest BCUT2D eigenvalue weighted by molar-refractivity contribution is 0.612. The number of rotatable bonds is 5. The Hall–Kier alpha value is -4.05. The Bertz CT molecular complexity index is 1530. The molecule has 6 rings (SSSR count). The fourth-order valence-corrected chi connectivity index (χ4v) is 4.33. The van der Waals surface area contributed by atoms with Crippen LogP contribution in [0.5, 0.6) is 0 Å². The molecule has 0 radical (unpaired) electrons. The lowest BCUT2D eigenvalue weighted by atomic mass is 9.97. The second kappa shape index (κ2) is 8.07. The number of aryl methyl sites for hydroxylation is 1. The zero-order chi connectivity index (χ0) is 23.2. The highest BCUT2D eigenvalue weighted by Crippen LogP contribution is 2.32. The molecular formula is C23H19ClFN9. The molecule has 0 saturated heterocycles. The number of nitrogens with zero attached hydrogens (tertiary/aromatic N) is 7. The Kier molecular flexibility index (Phi) is 4.88. The summed E-state index contributed by atoms with van der Waals surface area (Å²) in [5.41, 5.74) is 3.22. The summed E-state index contributed by atoms with van der Waals surface area (Å²) in [6.07, 6.45) is 4.04. The Morgan fingerprint density at radius 3 is 2.88 bits per heavy atom. The van der Waals surface area contributed by atoms with E-state index in [2.05, 4.69) is 35.9 Å². The number of pyridine rings is 1. The van der Waals surface area contributed by atoms with Gasteiger partial charge in [0.05, 0.1) is 16.9 Å². The highest BCUT2D eigenvalue weighted by atomic mass is 35.5. The number of hydrogen-bond donors (Lipinski definition) is 2. The molecule has 1 unspecified atom stereocenters. The summed E-state index contributed by atoms with van der Waals surface area (Å²) < 4.78 is 17.6. The molecule has 1 atom stereocenters. The maximum atomic E-state index is 13.9. The number of aromatic nitrogens is 7. The van der Waals surface area contributed by atoms with E-state index in [-0.39, 0.29) is 10.9 Å². The van der Waals surface area contributed by atoms with E-state index in [4.69, 9.17) is 11.6 Å². The van der Waals surface area contributed by atoms with Gasteiger partial charge in [-0.05, 0) is 42.3 Å². The van der Waals surface area contributed by atoms with Crippen LogP contribution in [0.1, 0.15) is 17.3 Å². The number of benzene rings is 1. The van der Waals surface area contributed by atoms with Crippen molar-refractivity contribution < 1.29 is 4.39 Å². The van der Waals surface area contributed by atoms with E-state index in [1.807, 2.05) is 41.8 Å². The second-order valence-corrected chi connectivity index (χ2v) is 8.55. The van der Waals surface area contributed by atoms with Crippen LogP contribution in [0.2, 0.25) is 5.02 Å². The van der Waals surface area contributed by atoms with Crippen LogP contribution in [-0.2, 0) is 13.5 Å². The van der Waals surface area contributed by atoms with Gasteiger partial charge >= 0.3 is 0 Å². The molecule has 1 aromatic carbocycles. The minimum atomic E-state index is -0.415. The van der Waals surface area contributed by atoms with Gasteiger partial charge < -0.3 is 10.6 Å². The number of halogens is 2. The molecule has 0 saturated carbocycles. The van der Waals surface area contributed by atoms with Gasteiger partial charge in [0.25, 0.3) is 0 Å². The Morgan fingerprint density at radius 1 is 1.15 bits per heavy atom. The van der Waals surface area contributed by atoms with E-state index < -0.39 is 5.82 Å². The predicted octanol–water partition coefficient (Wildman–Crippen LogP) is 4.21. The van der Waals surface area contributed by atoms with Crippen molar-refractivity contribution in [3.8, 4) is 11.3 Å². The first-order chi connectivity index (χ1) is 16.5. The minimum absolute atomic E-state index is 0.0441. The summed E-state index contributed by atoms with van der Waals surface area (Å²) in [6, 6.07) is 12.6. The molecule has 5 aromatic rings. The van der Waals surface area contributed by atoms with Crippen molar-refractivity contribution in [3.05, 3.63) is 77.1 Å². The molecule has 1 aliphatic rings. The SMILES string of the molecule is Cn1nccc1Nc1nccc(-c2cc3n4c(nnc4c2)C(Cc2ccc(Cl)c(F)c2)CN3)n1. The van der Waals surface area contributed by atoms with Crippen LogP contribution >= 0.6 is 11.6 Å². The largest absolute Gasteiger partial charge is 0.370 e. The van der Waals surface area contributed by atoms with Crippen LogP contribution in [0.4, 0.5) is 22.0 Å². The van der Waals surface area contributed by atoms with Crippen LogP contribution < -0.4 is 10.6 Å². The monoisotopic (exact) mass is 475 g/mol. The van der Waals surface area contributed by atoms with Gasteiger partial charge in [0.1, 0.15) is 23.3 Å². The fraction of sp³-hybridized carbons (Fsp3) is 0.174. The molecule has 1 aliphatic heterocycles. The molecule has 0 aliphatic carbocycles. The Balaban J connectivity index is 1.31. The summed E-state index contributed by atoms with van der Waals surface area (Å²) in [6.45, 7) is 0.651. The molecule has 11 heteroatoms.